The Morgan fingerprint density at radius 3 is 2.38 bits per heavy atom. The first kappa shape index (κ1) is 20.5. The minimum Gasteiger partial charge on any atom is -0.457 e. The van der Waals surface area contributed by atoms with E-state index in [1.807, 2.05) is 58.0 Å². The van der Waals surface area contributed by atoms with Crippen molar-refractivity contribution >= 4 is 11.7 Å². The number of benzene rings is 1. The highest BCUT2D eigenvalue weighted by Gasteiger charge is 2.31. The molecule has 0 heterocycles. The van der Waals surface area contributed by atoms with Gasteiger partial charge in [0.05, 0.1) is 5.57 Å². The minimum atomic E-state index is -0.487. The van der Waals surface area contributed by atoms with Crippen LogP contribution >= 0.6 is 0 Å². The first-order chi connectivity index (χ1) is 12.3. The molecule has 0 aromatic heterocycles. The number of nitrogens with two attached hydrogens (primary N) is 1. The molecular weight excluding hydrogens is 324 g/mol. The molecular formula is C22H34N2O2. The maximum absolute atomic E-state index is 12.8. The quantitative estimate of drug-likeness (QED) is 0.443. The molecule has 1 aromatic rings. The fourth-order valence-corrected chi connectivity index (χ4v) is 3.62. The third kappa shape index (κ3) is 6.17. The maximum atomic E-state index is 12.8. The van der Waals surface area contributed by atoms with Crippen LogP contribution in [0.3, 0.4) is 0 Å². The molecule has 26 heavy (non-hydrogen) atoms. The number of nitrogen functional groups attached to an aromatic ring is 1. The van der Waals surface area contributed by atoms with Gasteiger partial charge in [-0.1, -0.05) is 37.5 Å². The molecule has 4 nitrogen and oxygen atoms in total. The van der Waals surface area contributed by atoms with Crippen molar-refractivity contribution in [3.05, 3.63) is 41.5 Å². The molecule has 0 radical (unpaired) electrons. The molecule has 0 amide bonds. The topological polar surface area (TPSA) is 64.3 Å². The molecule has 1 aliphatic rings. The molecule has 0 saturated heterocycles. The van der Waals surface area contributed by atoms with Gasteiger partial charge in [-0.25, -0.2) is 4.79 Å². The normalized spacial score (nSPS) is 17.8. The summed E-state index contributed by atoms with van der Waals surface area (Å²) < 4.78 is 5.67. The Labute approximate surface area is 158 Å². The molecule has 0 unspecified atom stereocenters. The van der Waals surface area contributed by atoms with Gasteiger partial charge in [0.15, 0.2) is 0 Å². The number of hydrogen-bond donors (Lipinski definition) is 2. The summed E-state index contributed by atoms with van der Waals surface area (Å²) in [5.41, 5.74) is 7.97. The van der Waals surface area contributed by atoms with Crippen LogP contribution in [0.15, 0.2) is 35.9 Å². The number of allylic oxidation sites excluding steroid dienone is 1. The van der Waals surface area contributed by atoms with Crippen molar-refractivity contribution in [1.29, 1.82) is 0 Å². The van der Waals surface area contributed by atoms with Crippen LogP contribution in [0.4, 0.5) is 5.69 Å². The molecule has 1 aromatic carbocycles. The number of esters is 1. The van der Waals surface area contributed by atoms with E-state index >= 15 is 0 Å². The van der Waals surface area contributed by atoms with Crippen molar-refractivity contribution in [2.24, 2.45) is 5.92 Å². The van der Waals surface area contributed by atoms with Gasteiger partial charge in [-0.3, -0.25) is 0 Å². The molecule has 2 rings (SSSR count). The van der Waals surface area contributed by atoms with Crippen molar-refractivity contribution in [2.45, 2.75) is 78.0 Å². The van der Waals surface area contributed by atoms with E-state index in [2.05, 4.69) is 5.32 Å². The second kappa shape index (κ2) is 9.22. The maximum Gasteiger partial charge on any atom is 0.335 e. The zero-order chi connectivity index (χ0) is 19.2. The first-order valence-corrected chi connectivity index (χ1v) is 9.77. The van der Waals surface area contributed by atoms with Crippen molar-refractivity contribution in [3.8, 4) is 0 Å². The lowest BCUT2D eigenvalue weighted by Crippen LogP contribution is -2.42. The first-order valence-electron chi connectivity index (χ1n) is 9.77. The number of anilines is 1. The van der Waals surface area contributed by atoms with Gasteiger partial charge in [0, 0.05) is 18.3 Å². The summed E-state index contributed by atoms with van der Waals surface area (Å²) in [6.45, 7) is 8.38. The number of rotatable bonds is 6. The lowest BCUT2D eigenvalue weighted by molar-refractivity contribution is -0.150. The van der Waals surface area contributed by atoms with E-state index in [0.717, 1.165) is 24.1 Å². The van der Waals surface area contributed by atoms with Crippen molar-refractivity contribution in [2.75, 3.05) is 5.73 Å². The molecule has 1 aliphatic carbocycles. The lowest BCUT2D eigenvalue weighted by Gasteiger charge is -2.33. The minimum absolute atomic E-state index is 0.0210. The van der Waals surface area contributed by atoms with E-state index in [1.54, 1.807) is 0 Å². The Kier molecular flexibility index (Phi) is 7.27. The largest absolute Gasteiger partial charge is 0.457 e. The van der Waals surface area contributed by atoms with E-state index in [9.17, 15) is 4.79 Å². The Hall–Kier alpha value is -1.81. The van der Waals surface area contributed by atoms with Gasteiger partial charge in [-0.2, -0.15) is 0 Å². The molecule has 0 aliphatic heterocycles. The zero-order valence-electron chi connectivity index (χ0n) is 16.7. The van der Waals surface area contributed by atoms with E-state index in [0.29, 0.717) is 12.5 Å². The summed E-state index contributed by atoms with van der Waals surface area (Å²) in [6, 6.07) is 7.91. The summed E-state index contributed by atoms with van der Waals surface area (Å²) in [5, 5.41) is 3.63. The molecule has 3 N–H and O–H groups in total. The fourth-order valence-electron chi connectivity index (χ4n) is 3.62. The molecule has 0 bridgehead atoms. The van der Waals surface area contributed by atoms with Crippen LogP contribution in [0.5, 0.6) is 0 Å². The van der Waals surface area contributed by atoms with E-state index in [4.69, 9.17) is 10.5 Å². The van der Waals surface area contributed by atoms with Crippen LogP contribution in [-0.2, 0) is 16.1 Å². The van der Waals surface area contributed by atoms with Crippen LogP contribution in [0.1, 0.15) is 65.4 Å². The van der Waals surface area contributed by atoms with Gasteiger partial charge in [0.25, 0.3) is 0 Å². The lowest BCUT2D eigenvalue weighted by atomic mass is 9.80. The van der Waals surface area contributed by atoms with Crippen molar-refractivity contribution < 1.29 is 9.53 Å². The average molecular weight is 359 g/mol. The second-order valence-corrected chi connectivity index (χ2v) is 8.24. The number of carbonyl (C=O) groups excluding carboxylic acids is 1. The van der Waals surface area contributed by atoms with Crippen LogP contribution in [0.25, 0.3) is 0 Å². The van der Waals surface area contributed by atoms with Gasteiger partial charge in [0.1, 0.15) is 5.60 Å². The number of carbonyl (C=O) groups is 1. The Balaban J connectivity index is 2.15. The van der Waals surface area contributed by atoms with Crippen LogP contribution in [0.2, 0.25) is 0 Å². The van der Waals surface area contributed by atoms with Gasteiger partial charge in [-0.05, 0) is 64.2 Å². The molecule has 4 heteroatoms. The van der Waals surface area contributed by atoms with Gasteiger partial charge in [-0.15, -0.1) is 0 Å². The van der Waals surface area contributed by atoms with Crippen LogP contribution < -0.4 is 11.1 Å². The third-order valence-electron chi connectivity index (χ3n) is 4.91. The summed E-state index contributed by atoms with van der Waals surface area (Å²) in [6.07, 6.45) is 7.98. The molecule has 0 spiro atoms. The highest BCUT2D eigenvalue weighted by atomic mass is 16.6. The van der Waals surface area contributed by atoms with E-state index < -0.39 is 5.60 Å². The van der Waals surface area contributed by atoms with Gasteiger partial charge < -0.3 is 15.8 Å². The highest BCUT2D eigenvalue weighted by Crippen LogP contribution is 2.30. The van der Waals surface area contributed by atoms with Gasteiger partial charge >= 0.3 is 5.97 Å². The van der Waals surface area contributed by atoms with Crippen molar-refractivity contribution in [3.63, 3.8) is 0 Å². The molecule has 1 saturated carbocycles. The summed E-state index contributed by atoms with van der Waals surface area (Å²) in [7, 11) is 0. The van der Waals surface area contributed by atoms with Gasteiger partial charge in [0.2, 0.25) is 0 Å². The predicted octanol–water partition coefficient (Wildman–Crippen LogP) is 4.60. The molecule has 1 atom stereocenters. The standard InChI is InChI=1S/C22H34N2O2/c1-5-19(21(25)26-22(2,3)4)20(17-9-7-6-8-10-17)24-15-16-11-13-18(23)14-12-16/h5,11-14,17,20,24H,6-10,15,23H2,1-4H3/b19-5-/t20-/m1/s1. The predicted molar refractivity (Wildman–Crippen MR) is 108 cm³/mol. The highest BCUT2D eigenvalue weighted by molar-refractivity contribution is 5.90. The Morgan fingerprint density at radius 2 is 1.85 bits per heavy atom. The average Bonchev–Trinajstić information content (AvgIpc) is 2.59. The molecule has 1 fully saturated rings. The summed E-state index contributed by atoms with van der Waals surface area (Å²) >= 11 is 0. The summed E-state index contributed by atoms with van der Waals surface area (Å²) in [4.78, 5) is 12.8. The smallest absolute Gasteiger partial charge is 0.335 e. The SMILES string of the molecule is C/C=C(\C(=O)OC(C)(C)C)[C@H](NCc1ccc(N)cc1)C1CCCCC1. The zero-order valence-corrected chi connectivity index (χ0v) is 16.7. The van der Waals surface area contributed by atoms with E-state index in [-0.39, 0.29) is 12.0 Å². The number of ether oxygens (including phenoxy) is 1. The third-order valence-corrected chi connectivity index (χ3v) is 4.91. The van der Waals surface area contributed by atoms with E-state index in [1.165, 1.54) is 24.8 Å². The fraction of sp³-hybridized carbons (Fsp3) is 0.591. The summed E-state index contributed by atoms with van der Waals surface area (Å²) in [5.74, 6) is 0.261. The van der Waals surface area contributed by atoms with Crippen LogP contribution in [-0.4, -0.2) is 17.6 Å². The Morgan fingerprint density at radius 1 is 1.23 bits per heavy atom. The number of nitrogens with one attached hydrogen (secondary N) is 1. The monoisotopic (exact) mass is 358 g/mol. The Bertz CT molecular complexity index is 608. The van der Waals surface area contributed by atoms with Crippen molar-refractivity contribution in [1.82, 2.24) is 5.32 Å². The van der Waals surface area contributed by atoms with Crippen LogP contribution in [0, 0.1) is 5.92 Å². The number of hydrogen-bond acceptors (Lipinski definition) is 4. The molecule has 144 valence electrons. The second-order valence-electron chi connectivity index (χ2n) is 8.24.